The molecule has 3 N–H and O–H groups in total. The first-order valence-electron chi connectivity index (χ1n) is 7.94. The summed E-state index contributed by atoms with van der Waals surface area (Å²) in [4.78, 5) is 34.7. The van der Waals surface area contributed by atoms with Gasteiger partial charge in [0.2, 0.25) is 17.7 Å². The molecule has 0 bridgehead atoms. The largest absolute Gasteiger partial charge is 0.494 e. The molecule has 0 saturated heterocycles. The Hall–Kier alpha value is -2.57. The Bertz CT molecular complexity index is 645. The first kappa shape index (κ1) is 17.8. The van der Waals surface area contributed by atoms with Gasteiger partial charge in [-0.05, 0) is 24.5 Å². The van der Waals surface area contributed by atoms with Crippen molar-refractivity contribution in [1.82, 2.24) is 5.32 Å². The Labute approximate surface area is 141 Å². The molecule has 0 aromatic heterocycles. The Morgan fingerprint density at radius 3 is 2.54 bits per heavy atom. The van der Waals surface area contributed by atoms with E-state index in [9.17, 15) is 14.4 Å². The summed E-state index contributed by atoms with van der Waals surface area (Å²) in [5.74, 6) is 0.641. The maximum Gasteiger partial charge on any atom is 0.226 e. The first-order chi connectivity index (χ1) is 11.4. The summed E-state index contributed by atoms with van der Waals surface area (Å²) < 4.78 is 5.20. The van der Waals surface area contributed by atoms with E-state index in [1.54, 1.807) is 18.2 Å². The normalized spacial score (nSPS) is 18.5. The van der Waals surface area contributed by atoms with Gasteiger partial charge in [0.15, 0.2) is 0 Å². The average Bonchev–Trinajstić information content (AvgIpc) is 3.25. The maximum absolute atomic E-state index is 11.9. The molecule has 0 aliphatic heterocycles. The van der Waals surface area contributed by atoms with Crippen molar-refractivity contribution in [2.24, 2.45) is 11.8 Å². The van der Waals surface area contributed by atoms with Crippen LogP contribution < -0.4 is 20.7 Å². The number of rotatable bonds is 7. The predicted octanol–water partition coefficient (Wildman–Crippen LogP) is 1.75. The standard InChI is InChI=1S/C17H23N3O4/c1-10-8-13(10)17(23)18-7-6-16(22)20-12-4-5-14(19-11(2)21)15(9-12)24-3/h4-5,9-10,13H,6-8H2,1-3H3,(H,18,23)(H,19,21)(H,20,22)/t10-,13-/m0/s1. The molecule has 7 heteroatoms. The molecule has 1 aromatic carbocycles. The second-order valence-corrected chi connectivity index (χ2v) is 6.00. The van der Waals surface area contributed by atoms with Crippen LogP contribution in [0.4, 0.5) is 11.4 Å². The molecule has 1 saturated carbocycles. The fraction of sp³-hybridized carbons (Fsp3) is 0.471. The smallest absolute Gasteiger partial charge is 0.226 e. The molecule has 2 atom stereocenters. The SMILES string of the molecule is COc1cc(NC(=O)CCNC(=O)[C@H]2C[C@@H]2C)ccc1NC(C)=O. The van der Waals surface area contributed by atoms with Gasteiger partial charge in [0.05, 0.1) is 12.8 Å². The van der Waals surface area contributed by atoms with Gasteiger partial charge < -0.3 is 20.7 Å². The predicted molar refractivity (Wildman–Crippen MR) is 90.8 cm³/mol. The minimum atomic E-state index is -0.203. The molecule has 130 valence electrons. The van der Waals surface area contributed by atoms with E-state index >= 15 is 0 Å². The van der Waals surface area contributed by atoms with Crippen molar-refractivity contribution in [2.45, 2.75) is 26.7 Å². The van der Waals surface area contributed by atoms with Crippen molar-refractivity contribution in [3.63, 3.8) is 0 Å². The van der Waals surface area contributed by atoms with Crippen molar-refractivity contribution in [1.29, 1.82) is 0 Å². The maximum atomic E-state index is 11.9. The molecule has 7 nitrogen and oxygen atoms in total. The van der Waals surface area contributed by atoms with Gasteiger partial charge in [-0.25, -0.2) is 0 Å². The van der Waals surface area contributed by atoms with E-state index in [2.05, 4.69) is 16.0 Å². The molecule has 1 aromatic rings. The van der Waals surface area contributed by atoms with Crippen LogP contribution in [-0.4, -0.2) is 31.4 Å². The van der Waals surface area contributed by atoms with Crippen LogP contribution >= 0.6 is 0 Å². The number of carbonyl (C=O) groups is 3. The molecular formula is C17H23N3O4. The average molecular weight is 333 g/mol. The zero-order valence-electron chi connectivity index (χ0n) is 14.1. The molecule has 1 fully saturated rings. The molecule has 0 spiro atoms. The lowest BCUT2D eigenvalue weighted by Gasteiger charge is -2.12. The van der Waals surface area contributed by atoms with Gasteiger partial charge in [-0.15, -0.1) is 0 Å². The van der Waals surface area contributed by atoms with Crippen molar-refractivity contribution in [3.05, 3.63) is 18.2 Å². The van der Waals surface area contributed by atoms with Gasteiger partial charge in [0.25, 0.3) is 0 Å². The molecule has 1 aliphatic carbocycles. The number of benzene rings is 1. The molecule has 0 heterocycles. The van der Waals surface area contributed by atoms with E-state index in [0.717, 1.165) is 6.42 Å². The van der Waals surface area contributed by atoms with Crippen molar-refractivity contribution < 1.29 is 19.1 Å². The quantitative estimate of drug-likeness (QED) is 0.708. The summed E-state index contributed by atoms with van der Waals surface area (Å²) in [6.07, 6.45) is 1.13. The first-order valence-corrected chi connectivity index (χ1v) is 7.94. The summed E-state index contributed by atoms with van der Waals surface area (Å²) in [6.45, 7) is 3.76. The minimum absolute atomic E-state index is 0.0247. The second-order valence-electron chi connectivity index (χ2n) is 6.00. The number of nitrogens with one attached hydrogen (secondary N) is 3. The molecule has 0 unspecified atom stereocenters. The van der Waals surface area contributed by atoms with Gasteiger partial charge >= 0.3 is 0 Å². The van der Waals surface area contributed by atoms with Gasteiger partial charge in [-0.2, -0.15) is 0 Å². The second kappa shape index (κ2) is 7.81. The van der Waals surface area contributed by atoms with Gasteiger partial charge in [0.1, 0.15) is 5.75 Å². The van der Waals surface area contributed by atoms with Crippen molar-refractivity contribution in [3.8, 4) is 5.75 Å². The van der Waals surface area contributed by atoms with Crippen molar-refractivity contribution in [2.75, 3.05) is 24.3 Å². The third-order valence-corrected chi connectivity index (χ3v) is 3.89. The van der Waals surface area contributed by atoms with E-state index in [1.165, 1.54) is 14.0 Å². The lowest BCUT2D eigenvalue weighted by molar-refractivity contribution is -0.122. The summed E-state index contributed by atoms with van der Waals surface area (Å²) in [6, 6.07) is 4.97. The van der Waals surface area contributed by atoms with Crippen LogP contribution in [0, 0.1) is 11.8 Å². The fourth-order valence-corrected chi connectivity index (χ4v) is 2.40. The Balaban J connectivity index is 1.82. The summed E-state index contributed by atoms with van der Waals surface area (Å²) >= 11 is 0. The van der Waals surface area contributed by atoms with Crippen LogP contribution in [0.25, 0.3) is 0 Å². The third kappa shape index (κ3) is 4.97. The molecule has 0 radical (unpaired) electrons. The Kier molecular flexibility index (Phi) is 5.78. The number of methoxy groups -OCH3 is 1. The van der Waals surface area contributed by atoms with Gasteiger partial charge in [-0.3, -0.25) is 14.4 Å². The number of carbonyl (C=O) groups excluding carboxylic acids is 3. The zero-order valence-corrected chi connectivity index (χ0v) is 14.1. The number of hydrogen-bond acceptors (Lipinski definition) is 4. The van der Waals surface area contributed by atoms with Crippen LogP contribution in [0.1, 0.15) is 26.7 Å². The minimum Gasteiger partial charge on any atom is -0.494 e. The Morgan fingerprint density at radius 1 is 1.25 bits per heavy atom. The Morgan fingerprint density at radius 2 is 1.96 bits per heavy atom. The van der Waals surface area contributed by atoms with E-state index in [-0.39, 0.29) is 30.1 Å². The third-order valence-electron chi connectivity index (χ3n) is 3.89. The molecule has 1 aliphatic rings. The topological polar surface area (TPSA) is 96.5 Å². The van der Waals surface area contributed by atoms with Gasteiger partial charge in [0, 0.05) is 37.6 Å². The molecule has 2 rings (SSSR count). The number of ether oxygens (including phenoxy) is 1. The molecule has 3 amide bonds. The summed E-state index contributed by atoms with van der Waals surface area (Å²) in [5.41, 5.74) is 1.10. The fourth-order valence-electron chi connectivity index (χ4n) is 2.40. The highest BCUT2D eigenvalue weighted by molar-refractivity contribution is 5.94. The highest BCUT2D eigenvalue weighted by atomic mass is 16.5. The zero-order chi connectivity index (χ0) is 17.7. The highest BCUT2D eigenvalue weighted by Crippen LogP contribution is 2.37. The van der Waals surface area contributed by atoms with Gasteiger partial charge in [-0.1, -0.05) is 6.92 Å². The molecule has 24 heavy (non-hydrogen) atoms. The van der Waals surface area contributed by atoms with E-state index in [0.29, 0.717) is 29.6 Å². The van der Waals surface area contributed by atoms with E-state index in [1.807, 2.05) is 6.92 Å². The summed E-state index contributed by atoms with van der Waals surface area (Å²) in [5, 5.41) is 8.16. The van der Waals surface area contributed by atoms with Crippen LogP contribution in [-0.2, 0) is 14.4 Å². The van der Waals surface area contributed by atoms with Crippen molar-refractivity contribution >= 4 is 29.1 Å². The monoisotopic (exact) mass is 333 g/mol. The van der Waals surface area contributed by atoms with Crippen LogP contribution in [0.5, 0.6) is 5.75 Å². The van der Waals surface area contributed by atoms with E-state index in [4.69, 9.17) is 4.74 Å². The lowest BCUT2D eigenvalue weighted by atomic mass is 10.2. The number of amides is 3. The van der Waals surface area contributed by atoms with Crippen LogP contribution in [0.15, 0.2) is 18.2 Å². The lowest BCUT2D eigenvalue weighted by Crippen LogP contribution is -2.29. The molecular weight excluding hydrogens is 310 g/mol. The number of anilines is 2. The van der Waals surface area contributed by atoms with Crippen LogP contribution in [0.2, 0.25) is 0 Å². The summed E-state index contributed by atoms with van der Waals surface area (Å²) in [7, 11) is 1.49. The number of hydrogen-bond donors (Lipinski definition) is 3. The highest BCUT2D eigenvalue weighted by Gasteiger charge is 2.38. The van der Waals surface area contributed by atoms with E-state index < -0.39 is 0 Å². The van der Waals surface area contributed by atoms with Crippen LogP contribution in [0.3, 0.4) is 0 Å².